The monoisotopic (exact) mass is 207 g/mol. The highest BCUT2D eigenvalue weighted by Gasteiger charge is 2.35. The Bertz CT molecular complexity index is 385. The van der Waals surface area contributed by atoms with Crippen LogP contribution in [0.4, 0.5) is 0 Å². The first kappa shape index (κ1) is 9.36. The van der Waals surface area contributed by atoms with Gasteiger partial charge in [-0.1, -0.05) is 0 Å². The molecule has 2 atom stereocenters. The van der Waals surface area contributed by atoms with E-state index in [4.69, 9.17) is 9.72 Å². The highest BCUT2D eigenvalue weighted by molar-refractivity contribution is 5.27. The summed E-state index contributed by atoms with van der Waals surface area (Å²) < 4.78 is 7.38. The molecule has 4 nitrogen and oxygen atoms in total. The third-order valence-corrected chi connectivity index (χ3v) is 3.62. The van der Waals surface area contributed by atoms with Crippen LogP contribution in [-0.4, -0.2) is 22.7 Å². The van der Waals surface area contributed by atoms with Gasteiger partial charge < -0.3 is 14.6 Å². The molecule has 3 rings (SSSR count). The first-order valence-corrected chi connectivity index (χ1v) is 5.59. The Hall–Kier alpha value is -0.870. The molecule has 4 heteroatoms. The zero-order valence-electron chi connectivity index (χ0n) is 9.29. The van der Waals surface area contributed by atoms with Crippen molar-refractivity contribution in [2.45, 2.75) is 38.0 Å². The third kappa shape index (κ3) is 1.32. The van der Waals surface area contributed by atoms with Crippen LogP contribution in [0.25, 0.3) is 0 Å². The van der Waals surface area contributed by atoms with Gasteiger partial charge >= 0.3 is 0 Å². The number of methoxy groups -OCH3 is 1. The lowest BCUT2D eigenvalue weighted by molar-refractivity contribution is 0.175. The zero-order valence-corrected chi connectivity index (χ0v) is 9.29. The molecule has 3 heterocycles. The summed E-state index contributed by atoms with van der Waals surface area (Å²) in [5.41, 5.74) is 2.67. The molecule has 1 saturated heterocycles. The van der Waals surface area contributed by atoms with Crippen LogP contribution >= 0.6 is 0 Å². The molecule has 1 N–H and O–H groups in total. The number of nitrogens with zero attached hydrogens (tertiary/aromatic N) is 2. The van der Waals surface area contributed by atoms with E-state index in [1.54, 1.807) is 7.11 Å². The SMILES string of the molecule is COCc1nc2c(n1C)CC1CCC2N1. The number of fused-ring (bicyclic) bond motifs is 4. The van der Waals surface area contributed by atoms with Crippen molar-refractivity contribution in [2.24, 2.45) is 7.05 Å². The summed E-state index contributed by atoms with van der Waals surface area (Å²) >= 11 is 0. The van der Waals surface area contributed by atoms with Crippen LogP contribution in [0.3, 0.4) is 0 Å². The van der Waals surface area contributed by atoms with Crippen LogP contribution in [0.15, 0.2) is 0 Å². The summed E-state index contributed by atoms with van der Waals surface area (Å²) in [7, 11) is 3.82. The maximum atomic E-state index is 5.16. The quantitative estimate of drug-likeness (QED) is 0.783. The summed E-state index contributed by atoms with van der Waals surface area (Å²) in [5, 5.41) is 3.61. The molecule has 0 saturated carbocycles. The van der Waals surface area contributed by atoms with Gasteiger partial charge in [0.2, 0.25) is 0 Å². The molecule has 2 aliphatic heterocycles. The van der Waals surface area contributed by atoms with Gasteiger partial charge in [0.1, 0.15) is 12.4 Å². The third-order valence-electron chi connectivity index (χ3n) is 3.62. The van der Waals surface area contributed by atoms with E-state index in [0.717, 1.165) is 12.2 Å². The summed E-state index contributed by atoms with van der Waals surface area (Å²) in [4.78, 5) is 4.69. The van der Waals surface area contributed by atoms with Crippen molar-refractivity contribution in [1.82, 2.24) is 14.9 Å². The molecular formula is C11H17N3O. The van der Waals surface area contributed by atoms with E-state index in [1.807, 2.05) is 0 Å². The van der Waals surface area contributed by atoms with Crippen LogP contribution in [0.2, 0.25) is 0 Å². The minimum atomic E-state index is 0.496. The maximum Gasteiger partial charge on any atom is 0.135 e. The van der Waals surface area contributed by atoms with Crippen LogP contribution in [0, 0.1) is 0 Å². The number of nitrogens with one attached hydrogen (secondary N) is 1. The van der Waals surface area contributed by atoms with E-state index in [1.165, 1.54) is 24.2 Å². The second-order valence-electron chi connectivity index (χ2n) is 4.55. The van der Waals surface area contributed by atoms with Gasteiger partial charge in [0, 0.05) is 32.3 Å². The van der Waals surface area contributed by atoms with E-state index in [9.17, 15) is 0 Å². The lowest BCUT2D eigenvalue weighted by Crippen LogP contribution is -2.32. The Morgan fingerprint density at radius 3 is 3.20 bits per heavy atom. The predicted octanol–water partition coefficient (Wildman–Crippen LogP) is 0.916. The van der Waals surface area contributed by atoms with Gasteiger partial charge in [-0.05, 0) is 12.8 Å². The van der Waals surface area contributed by atoms with Crippen molar-refractivity contribution in [3.05, 3.63) is 17.2 Å². The summed E-state index contributed by atoms with van der Waals surface area (Å²) in [6.07, 6.45) is 3.65. The Balaban J connectivity index is 2.02. The van der Waals surface area contributed by atoms with Crippen LogP contribution < -0.4 is 5.32 Å². The maximum absolute atomic E-state index is 5.16. The Labute approximate surface area is 89.6 Å². The predicted molar refractivity (Wildman–Crippen MR) is 56.5 cm³/mol. The van der Waals surface area contributed by atoms with Crippen molar-refractivity contribution >= 4 is 0 Å². The van der Waals surface area contributed by atoms with Crippen molar-refractivity contribution < 1.29 is 4.74 Å². The normalized spacial score (nSPS) is 28.1. The molecule has 15 heavy (non-hydrogen) atoms. The fraction of sp³-hybridized carbons (Fsp3) is 0.727. The highest BCUT2D eigenvalue weighted by Crippen LogP contribution is 2.35. The molecule has 0 aromatic carbocycles. The summed E-state index contributed by atoms with van der Waals surface area (Å²) in [6.45, 7) is 0.612. The number of rotatable bonds is 2. The number of aromatic nitrogens is 2. The molecule has 2 bridgehead atoms. The number of hydrogen-bond acceptors (Lipinski definition) is 3. The lowest BCUT2D eigenvalue weighted by atomic mass is 10.1. The number of hydrogen-bond donors (Lipinski definition) is 1. The van der Waals surface area contributed by atoms with Crippen molar-refractivity contribution in [3.63, 3.8) is 0 Å². The van der Waals surface area contributed by atoms with Crippen LogP contribution in [0.5, 0.6) is 0 Å². The van der Waals surface area contributed by atoms with Gasteiger partial charge in [0.25, 0.3) is 0 Å². The standard InChI is InChI=1S/C11H17N3O/c1-14-9-5-7-3-4-8(12-7)11(9)13-10(14)6-15-2/h7-8,12H,3-6H2,1-2H3. The molecule has 1 aromatic heterocycles. The average molecular weight is 207 g/mol. The van der Waals surface area contributed by atoms with E-state index in [-0.39, 0.29) is 0 Å². The van der Waals surface area contributed by atoms with Gasteiger partial charge in [-0.15, -0.1) is 0 Å². The second-order valence-corrected chi connectivity index (χ2v) is 4.55. The highest BCUT2D eigenvalue weighted by atomic mass is 16.5. The molecule has 1 aromatic rings. The van der Waals surface area contributed by atoms with Gasteiger partial charge in [-0.3, -0.25) is 0 Å². The molecule has 0 amide bonds. The average Bonchev–Trinajstić information content (AvgIpc) is 2.75. The Morgan fingerprint density at radius 1 is 1.53 bits per heavy atom. The smallest absolute Gasteiger partial charge is 0.135 e. The zero-order chi connectivity index (χ0) is 10.4. The molecule has 0 radical (unpaired) electrons. The number of imidazole rings is 1. The van der Waals surface area contributed by atoms with Crippen molar-refractivity contribution in [1.29, 1.82) is 0 Å². The lowest BCUT2D eigenvalue weighted by Gasteiger charge is -2.21. The topological polar surface area (TPSA) is 39.1 Å². The van der Waals surface area contributed by atoms with Crippen molar-refractivity contribution in [2.75, 3.05) is 7.11 Å². The molecule has 82 valence electrons. The van der Waals surface area contributed by atoms with Gasteiger partial charge in [0.05, 0.1) is 11.7 Å². The van der Waals surface area contributed by atoms with Gasteiger partial charge in [0.15, 0.2) is 0 Å². The molecular weight excluding hydrogens is 190 g/mol. The fourth-order valence-electron chi connectivity index (χ4n) is 2.81. The van der Waals surface area contributed by atoms with E-state index in [0.29, 0.717) is 18.7 Å². The van der Waals surface area contributed by atoms with E-state index >= 15 is 0 Å². The molecule has 1 fully saturated rings. The minimum Gasteiger partial charge on any atom is -0.377 e. The van der Waals surface area contributed by atoms with E-state index in [2.05, 4.69) is 16.9 Å². The van der Waals surface area contributed by atoms with Gasteiger partial charge in [-0.2, -0.15) is 0 Å². The molecule has 0 spiro atoms. The molecule has 0 aliphatic carbocycles. The van der Waals surface area contributed by atoms with Crippen molar-refractivity contribution in [3.8, 4) is 0 Å². The number of ether oxygens (including phenoxy) is 1. The second kappa shape index (κ2) is 3.32. The fourth-order valence-corrected chi connectivity index (χ4v) is 2.81. The molecule has 2 aliphatic rings. The summed E-state index contributed by atoms with van der Waals surface area (Å²) in [5.74, 6) is 1.05. The summed E-state index contributed by atoms with van der Waals surface area (Å²) in [6, 6.07) is 1.17. The van der Waals surface area contributed by atoms with Crippen LogP contribution in [-0.2, 0) is 24.8 Å². The molecule has 2 unspecified atom stereocenters. The van der Waals surface area contributed by atoms with Crippen LogP contribution in [0.1, 0.15) is 36.1 Å². The Morgan fingerprint density at radius 2 is 2.40 bits per heavy atom. The van der Waals surface area contributed by atoms with E-state index < -0.39 is 0 Å². The largest absolute Gasteiger partial charge is 0.377 e. The first-order valence-electron chi connectivity index (χ1n) is 5.59. The minimum absolute atomic E-state index is 0.496. The van der Waals surface area contributed by atoms with Gasteiger partial charge in [-0.25, -0.2) is 4.98 Å². The Kier molecular flexibility index (Phi) is 2.07. The first-order chi connectivity index (χ1) is 7.29.